The van der Waals surface area contributed by atoms with Crippen molar-refractivity contribution in [1.29, 1.82) is 0 Å². The summed E-state index contributed by atoms with van der Waals surface area (Å²) in [6, 6.07) is 18.5. The second kappa shape index (κ2) is 9.73. The standard InChI is InChI=1S/C22H23NO6/c1-27-20(24)18-12-23(22(26)29-15-17-10-6-3-7-11-17)13-19(18)21(25)28-14-16-8-4-2-5-9-16/h2-11,18-19H,12-15H2,1H3/t18-,19+/m0/s1. The van der Waals surface area contributed by atoms with Gasteiger partial charge in [0.15, 0.2) is 0 Å². The summed E-state index contributed by atoms with van der Waals surface area (Å²) in [5.41, 5.74) is 1.69. The van der Waals surface area contributed by atoms with Gasteiger partial charge in [-0.25, -0.2) is 4.79 Å². The molecule has 0 radical (unpaired) electrons. The zero-order valence-corrected chi connectivity index (χ0v) is 16.2. The number of hydrogen-bond acceptors (Lipinski definition) is 6. The van der Waals surface area contributed by atoms with Crippen LogP contribution in [0.4, 0.5) is 4.79 Å². The second-order valence-corrected chi connectivity index (χ2v) is 6.77. The molecule has 29 heavy (non-hydrogen) atoms. The predicted molar refractivity (Wildman–Crippen MR) is 103 cm³/mol. The molecule has 0 unspecified atom stereocenters. The van der Waals surface area contributed by atoms with Crippen LogP contribution in [0.5, 0.6) is 0 Å². The maximum absolute atomic E-state index is 12.6. The molecule has 0 aromatic heterocycles. The Morgan fingerprint density at radius 2 is 1.28 bits per heavy atom. The van der Waals surface area contributed by atoms with E-state index in [-0.39, 0.29) is 26.3 Å². The van der Waals surface area contributed by atoms with Gasteiger partial charge in [0.05, 0.1) is 18.9 Å². The fourth-order valence-corrected chi connectivity index (χ4v) is 3.23. The average Bonchev–Trinajstić information content (AvgIpc) is 3.22. The van der Waals surface area contributed by atoms with Crippen molar-refractivity contribution >= 4 is 18.0 Å². The lowest BCUT2D eigenvalue weighted by molar-refractivity contribution is -0.157. The highest BCUT2D eigenvalue weighted by molar-refractivity contribution is 5.84. The van der Waals surface area contributed by atoms with Gasteiger partial charge in [0.1, 0.15) is 13.2 Å². The molecule has 1 aliphatic rings. The molecule has 0 bridgehead atoms. The van der Waals surface area contributed by atoms with Crippen molar-refractivity contribution in [3.63, 3.8) is 0 Å². The molecule has 1 amide bonds. The third kappa shape index (κ3) is 5.34. The van der Waals surface area contributed by atoms with Crippen molar-refractivity contribution in [1.82, 2.24) is 4.90 Å². The van der Waals surface area contributed by atoms with Crippen molar-refractivity contribution < 1.29 is 28.6 Å². The number of methoxy groups -OCH3 is 1. The minimum atomic E-state index is -0.796. The monoisotopic (exact) mass is 397 g/mol. The molecular formula is C22H23NO6. The lowest BCUT2D eigenvalue weighted by Gasteiger charge is -2.16. The van der Waals surface area contributed by atoms with Crippen molar-refractivity contribution in [2.45, 2.75) is 13.2 Å². The van der Waals surface area contributed by atoms with Crippen LogP contribution in [0.2, 0.25) is 0 Å². The normalized spacial score (nSPS) is 18.2. The summed E-state index contributed by atoms with van der Waals surface area (Å²) < 4.78 is 15.5. The number of likely N-dealkylation sites (tertiary alicyclic amines) is 1. The lowest BCUT2D eigenvalue weighted by Crippen LogP contribution is -2.31. The maximum Gasteiger partial charge on any atom is 0.410 e. The Morgan fingerprint density at radius 1 is 0.793 bits per heavy atom. The fraction of sp³-hybridized carbons (Fsp3) is 0.318. The van der Waals surface area contributed by atoms with Gasteiger partial charge in [-0.1, -0.05) is 60.7 Å². The second-order valence-electron chi connectivity index (χ2n) is 6.77. The zero-order chi connectivity index (χ0) is 20.6. The average molecular weight is 397 g/mol. The number of carbonyl (C=O) groups excluding carboxylic acids is 3. The number of hydrogen-bond donors (Lipinski definition) is 0. The maximum atomic E-state index is 12.6. The van der Waals surface area contributed by atoms with E-state index in [0.717, 1.165) is 11.1 Å². The fourth-order valence-electron chi connectivity index (χ4n) is 3.23. The van der Waals surface area contributed by atoms with Crippen molar-refractivity contribution in [3.8, 4) is 0 Å². The first kappa shape index (κ1) is 20.4. The van der Waals surface area contributed by atoms with E-state index in [1.807, 2.05) is 60.7 Å². The Balaban J connectivity index is 1.60. The Labute approximate surface area is 169 Å². The molecule has 152 valence electrons. The Hall–Kier alpha value is -3.35. The number of nitrogens with zero attached hydrogens (tertiary/aromatic N) is 1. The van der Waals surface area contributed by atoms with Gasteiger partial charge in [-0.15, -0.1) is 0 Å². The molecule has 2 aromatic carbocycles. The summed E-state index contributed by atoms with van der Waals surface area (Å²) in [5, 5.41) is 0. The van der Waals surface area contributed by atoms with Gasteiger partial charge in [-0.2, -0.15) is 0 Å². The van der Waals surface area contributed by atoms with E-state index in [1.54, 1.807) is 0 Å². The summed E-state index contributed by atoms with van der Waals surface area (Å²) in [5.74, 6) is -2.67. The van der Waals surface area contributed by atoms with Crippen LogP contribution in [0, 0.1) is 11.8 Å². The molecule has 2 atom stereocenters. The van der Waals surface area contributed by atoms with E-state index in [4.69, 9.17) is 14.2 Å². The van der Waals surface area contributed by atoms with Crippen molar-refractivity contribution in [2.75, 3.05) is 20.2 Å². The summed E-state index contributed by atoms with van der Waals surface area (Å²) in [7, 11) is 1.26. The molecule has 2 aromatic rings. The van der Waals surface area contributed by atoms with Crippen molar-refractivity contribution in [3.05, 3.63) is 71.8 Å². The van der Waals surface area contributed by atoms with Crippen LogP contribution in [0.3, 0.4) is 0 Å². The molecule has 7 heteroatoms. The SMILES string of the molecule is COC(=O)[C@H]1CN(C(=O)OCc2ccccc2)C[C@H]1C(=O)OCc1ccccc1. The van der Waals surface area contributed by atoms with E-state index < -0.39 is 29.9 Å². The molecule has 1 heterocycles. The Morgan fingerprint density at radius 3 is 1.79 bits per heavy atom. The van der Waals surface area contributed by atoms with Crippen LogP contribution in [-0.4, -0.2) is 43.1 Å². The van der Waals surface area contributed by atoms with Gasteiger partial charge in [-0.05, 0) is 11.1 Å². The topological polar surface area (TPSA) is 82.1 Å². The van der Waals surface area contributed by atoms with Gasteiger partial charge >= 0.3 is 18.0 Å². The van der Waals surface area contributed by atoms with Crippen molar-refractivity contribution in [2.24, 2.45) is 11.8 Å². The number of ether oxygens (including phenoxy) is 3. The van der Waals surface area contributed by atoms with E-state index >= 15 is 0 Å². The molecular weight excluding hydrogens is 374 g/mol. The lowest BCUT2D eigenvalue weighted by atomic mass is 9.96. The minimum Gasteiger partial charge on any atom is -0.469 e. The summed E-state index contributed by atoms with van der Waals surface area (Å²) >= 11 is 0. The third-order valence-corrected chi connectivity index (χ3v) is 4.81. The van der Waals surface area contributed by atoms with E-state index in [2.05, 4.69) is 0 Å². The molecule has 1 fully saturated rings. The number of esters is 2. The van der Waals surface area contributed by atoms with Gasteiger partial charge in [0.25, 0.3) is 0 Å². The molecule has 1 aliphatic heterocycles. The quantitative estimate of drug-likeness (QED) is 0.551. The summed E-state index contributed by atoms with van der Waals surface area (Å²) in [4.78, 5) is 38.5. The molecule has 0 spiro atoms. The Bertz CT molecular complexity index is 839. The first-order chi connectivity index (χ1) is 14.1. The largest absolute Gasteiger partial charge is 0.469 e. The molecule has 1 saturated heterocycles. The van der Waals surface area contributed by atoms with Crippen LogP contribution < -0.4 is 0 Å². The Kier molecular flexibility index (Phi) is 6.84. The van der Waals surface area contributed by atoms with E-state index in [1.165, 1.54) is 12.0 Å². The number of rotatable bonds is 6. The van der Waals surface area contributed by atoms with Crippen LogP contribution in [-0.2, 0) is 37.0 Å². The minimum absolute atomic E-state index is 0.0427. The van der Waals surface area contributed by atoms with Crippen LogP contribution >= 0.6 is 0 Å². The molecule has 0 aliphatic carbocycles. The number of carbonyl (C=O) groups is 3. The van der Waals surface area contributed by atoms with Gasteiger partial charge < -0.3 is 19.1 Å². The first-order valence-electron chi connectivity index (χ1n) is 9.32. The van der Waals surface area contributed by atoms with Gasteiger partial charge in [-0.3, -0.25) is 9.59 Å². The van der Waals surface area contributed by atoms with E-state index in [9.17, 15) is 14.4 Å². The smallest absolute Gasteiger partial charge is 0.410 e. The van der Waals surface area contributed by atoms with Crippen LogP contribution in [0.15, 0.2) is 60.7 Å². The molecule has 3 rings (SSSR count). The van der Waals surface area contributed by atoms with Gasteiger partial charge in [0, 0.05) is 13.1 Å². The summed E-state index contributed by atoms with van der Waals surface area (Å²) in [6.07, 6.45) is -0.582. The molecule has 0 saturated carbocycles. The zero-order valence-electron chi connectivity index (χ0n) is 16.2. The van der Waals surface area contributed by atoms with Crippen LogP contribution in [0.25, 0.3) is 0 Å². The number of benzene rings is 2. The van der Waals surface area contributed by atoms with Crippen LogP contribution in [0.1, 0.15) is 11.1 Å². The highest BCUT2D eigenvalue weighted by atomic mass is 16.6. The highest BCUT2D eigenvalue weighted by Gasteiger charge is 2.45. The van der Waals surface area contributed by atoms with E-state index in [0.29, 0.717) is 0 Å². The highest BCUT2D eigenvalue weighted by Crippen LogP contribution is 2.27. The van der Waals surface area contributed by atoms with Gasteiger partial charge in [0.2, 0.25) is 0 Å². The molecule has 0 N–H and O–H groups in total. The number of amides is 1. The summed E-state index contributed by atoms with van der Waals surface area (Å²) in [6.45, 7) is 0.303. The third-order valence-electron chi connectivity index (χ3n) is 4.81. The first-order valence-corrected chi connectivity index (χ1v) is 9.32. The molecule has 7 nitrogen and oxygen atoms in total. The predicted octanol–water partition coefficient (Wildman–Crippen LogP) is 2.79.